The summed E-state index contributed by atoms with van der Waals surface area (Å²) in [6.45, 7) is 1.67. The van der Waals surface area contributed by atoms with E-state index in [2.05, 4.69) is 0 Å². The Hall–Kier alpha value is -3.55. The average molecular weight is 397 g/mol. The number of methoxy groups -OCH3 is 2. The van der Waals surface area contributed by atoms with Crippen molar-refractivity contribution in [1.82, 2.24) is 0 Å². The molecule has 0 saturated carbocycles. The number of fused-ring (bicyclic) bond motifs is 5. The van der Waals surface area contributed by atoms with Crippen LogP contribution >= 0.6 is 0 Å². The minimum absolute atomic E-state index is 0.0418. The van der Waals surface area contributed by atoms with Crippen LogP contribution in [0.4, 0.5) is 5.69 Å². The van der Waals surface area contributed by atoms with Crippen molar-refractivity contribution in [1.29, 1.82) is 0 Å². The van der Waals surface area contributed by atoms with E-state index in [1.807, 2.05) is 0 Å². The summed E-state index contributed by atoms with van der Waals surface area (Å²) in [6.07, 6.45) is 0. The summed E-state index contributed by atoms with van der Waals surface area (Å²) in [6, 6.07) is 9.54. The number of carbonyl (C=O) groups excluding carboxylic acids is 2. The smallest absolute Gasteiger partial charge is 0.338 e. The van der Waals surface area contributed by atoms with Crippen LogP contribution in [-0.2, 0) is 19.9 Å². The molecule has 1 amide bonds. The third-order valence-electron chi connectivity index (χ3n) is 5.46. The topological polar surface area (TPSA) is 102 Å². The van der Waals surface area contributed by atoms with Gasteiger partial charge >= 0.3 is 11.9 Å². The number of carboxylic acid groups (broad SMARTS) is 1. The second-order valence-electron chi connectivity index (χ2n) is 6.71. The van der Waals surface area contributed by atoms with E-state index in [0.717, 1.165) is 0 Å². The molecular weight excluding hydrogens is 378 g/mol. The Morgan fingerprint density at radius 3 is 2.41 bits per heavy atom. The molecule has 2 aromatic rings. The van der Waals surface area contributed by atoms with Gasteiger partial charge in [-0.3, -0.25) is 14.5 Å². The van der Waals surface area contributed by atoms with Gasteiger partial charge in [-0.05, 0) is 24.6 Å². The molecule has 0 aliphatic carbocycles. The third kappa shape index (κ3) is 2.22. The van der Waals surface area contributed by atoms with Crippen LogP contribution in [0.5, 0.6) is 11.5 Å². The summed E-state index contributed by atoms with van der Waals surface area (Å²) in [5, 5.41) is 10.2. The van der Waals surface area contributed by atoms with Crippen LogP contribution in [0, 0.1) is 0 Å². The van der Waals surface area contributed by atoms with Gasteiger partial charge in [0.2, 0.25) is 0 Å². The lowest BCUT2D eigenvalue weighted by Crippen LogP contribution is -2.52. The van der Waals surface area contributed by atoms with Gasteiger partial charge in [0, 0.05) is 17.2 Å². The van der Waals surface area contributed by atoms with Crippen molar-refractivity contribution in [3.63, 3.8) is 0 Å². The van der Waals surface area contributed by atoms with E-state index in [0.29, 0.717) is 17.1 Å². The van der Waals surface area contributed by atoms with E-state index >= 15 is 0 Å². The van der Waals surface area contributed by atoms with Crippen LogP contribution in [0.3, 0.4) is 0 Å². The number of nitrogens with zero attached hydrogens (tertiary/aromatic N) is 1. The van der Waals surface area contributed by atoms with Crippen LogP contribution in [0.2, 0.25) is 0 Å². The maximum Gasteiger partial charge on any atom is 0.338 e. The summed E-state index contributed by atoms with van der Waals surface area (Å²) in [5.74, 6) is -3.26. The fraction of sp³-hybridized carbons (Fsp3) is 0.286. The van der Waals surface area contributed by atoms with Crippen molar-refractivity contribution >= 4 is 23.5 Å². The van der Waals surface area contributed by atoms with Gasteiger partial charge in [0.15, 0.2) is 17.0 Å². The van der Waals surface area contributed by atoms with Gasteiger partial charge in [-0.1, -0.05) is 18.2 Å². The molecule has 8 nitrogen and oxygen atoms in total. The van der Waals surface area contributed by atoms with Gasteiger partial charge in [-0.2, -0.15) is 0 Å². The van der Waals surface area contributed by atoms with Gasteiger partial charge < -0.3 is 19.3 Å². The molecular formula is C21H19NO7. The zero-order valence-electron chi connectivity index (χ0n) is 16.1. The first-order valence-corrected chi connectivity index (χ1v) is 9.03. The summed E-state index contributed by atoms with van der Waals surface area (Å²) < 4.78 is 15.9. The number of rotatable bonds is 5. The molecule has 8 heteroatoms. The number of ether oxygens (including phenoxy) is 3. The van der Waals surface area contributed by atoms with Crippen molar-refractivity contribution in [2.24, 2.45) is 0 Å². The van der Waals surface area contributed by atoms with Gasteiger partial charge in [0.1, 0.15) is 5.92 Å². The number of aliphatic carboxylic acids is 1. The Morgan fingerprint density at radius 1 is 1.14 bits per heavy atom. The van der Waals surface area contributed by atoms with E-state index < -0.39 is 29.3 Å². The fourth-order valence-corrected chi connectivity index (χ4v) is 4.39. The molecule has 0 spiro atoms. The van der Waals surface area contributed by atoms with Crippen molar-refractivity contribution in [3.8, 4) is 11.5 Å². The SMILES string of the molecule is CCOC(=O)C12c3ccccc3C(=O)N1c1cc(OC)c(OC)cc1C2C(=O)O. The predicted octanol–water partition coefficient (Wildman–Crippen LogP) is 2.30. The first-order valence-electron chi connectivity index (χ1n) is 9.03. The number of hydrogen-bond acceptors (Lipinski definition) is 6. The molecule has 0 bridgehead atoms. The fourth-order valence-electron chi connectivity index (χ4n) is 4.39. The Kier molecular flexibility index (Phi) is 4.22. The summed E-state index contributed by atoms with van der Waals surface area (Å²) in [4.78, 5) is 40.3. The molecule has 0 fully saturated rings. The van der Waals surface area contributed by atoms with Crippen LogP contribution in [0.1, 0.15) is 34.3 Å². The van der Waals surface area contributed by atoms with Crippen molar-refractivity contribution < 1.29 is 33.7 Å². The van der Waals surface area contributed by atoms with E-state index in [9.17, 15) is 19.5 Å². The highest BCUT2D eigenvalue weighted by atomic mass is 16.5. The standard InChI is InChI=1S/C21H19NO7/c1-4-29-20(26)21-13-8-6-5-7-11(13)18(23)22(21)14-10-16(28-3)15(27-2)9-12(14)17(21)19(24)25/h5-10,17H,4H2,1-3H3,(H,24,25). The molecule has 2 aliphatic heterocycles. The van der Waals surface area contributed by atoms with Crippen LogP contribution < -0.4 is 14.4 Å². The average Bonchev–Trinajstić information content (AvgIpc) is 3.16. The monoisotopic (exact) mass is 397 g/mol. The van der Waals surface area contributed by atoms with Crippen LogP contribution in [0.25, 0.3) is 0 Å². The number of benzene rings is 2. The number of carbonyl (C=O) groups is 3. The minimum Gasteiger partial charge on any atom is -0.493 e. The minimum atomic E-state index is -1.84. The van der Waals surface area contributed by atoms with Gasteiger partial charge in [0.25, 0.3) is 5.91 Å². The highest BCUT2D eigenvalue weighted by molar-refractivity contribution is 6.21. The second kappa shape index (κ2) is 6.51. The third-order valence-corrected chi connectivity index (χ3v) is 5.46. The molecule has 2 unspecified atom stereocenters. The van der Waals surface area contributed by atoms with E-state index in [1.165, 1.54) is 31.3 Å². The van der Waals surface area contributed by atoms with E-state index in [4.69, 9.17) is 14.2 Å². The van der Waals surface area contributed by atoms with Gasteiger partial charge in [0.05, 0.1) is 26.5 Å². The molecule has 0 radical (unpaired) electrons. The number of anilines is 1. The normalized spacial score (nSPS) is 21.3. The molecule has 0 saturated heterocycles. The van der Waals surface area contributed by atoms with Gasteiger partial charge in [-0.15, -0.1) is 0 Å². The zero-order chi connectivity index (χ0) is 20.9. The molecule has 2 atom stereocenters. The Balaban J connectivity index is 2.10. The number of hydrogen-bond donors (Lipinski definition) is 1. The highest BCUT2D eigenvalue weighted by Gasteiger charge is 2.68. The largest absolute Gasteiger partial charge is 0.493 e. The molecule has 150 valence electrons. The zero-order valence-corrected chi connectivity index (χ0v) is 16.1. The molecule has 2 aromatic carbocycles. The highest BCUT2D eigenvalue weighted by Crippen LogP contribution is 2.60. The van der Waals surface area contributed by atoms with E-state index in [1.54, 1.807) is 31.2 Å². The molecule has 0 aromatic heterocycles. The van der Waals surface area contributed by atoms with Gasteiger partial charge in [-0.25, -0.2) is 4.79 Å². The van der Waals surface area contributed by atoms with Crippen LogP contribution in [0.15, 0.2) is 36.4 Å². The molecule has 2 heterocycles. The number of carboxylic acids is 1. The number of esters is 1. The second-order valence-corrected chi connectivity index (χ2v) is 6.71. The van der Waals surface area contributed by atoms with Crippen LogP contribution in [-0.4, -0.2) is 43.8 Å². The van der Waals surface area contributed by atoms with E-state index in [-0.39, 0.29) is 23.4 Å². The molecule has 4 rings (SSSR count). The molecule has 29 heavy (non-hydrogen) atoms. The Morgan fingerprint density at radius 2 is 1.79 bits per heavy atom. The van der Waals surface area contributed by atoms with Crippen molar-refractivity contribution in [3.05, 3.63) is 53.1 Å². The quantitative estimate of drug-likeness (QED) is 0.773. The molecule has 1 N–H and O–H groups in total. The number of amides is 1. The molecule has 2 aliphatic rings. The first kappa shape index (κ1) is 18.8. The summed E-state index contributed by atoms with van der Waals surface area (Å²) in [5.41, 5.74) is -0.692. The first-order chi connectivity index (χ1) is 13.9. The Bertz CT molecular complexity index is 1040. The van der Waals surface area contributed by atoms with Crippen molar-refractivity contribution in [2.45, 2.75) is 18.4 Å². The summed E-state index contributed by atoms with van der Waals surface area (Å²) in [7, 11) is 2.87. The lowest BCUT2D eigenvalue weighted by atomic mass is 9.77. The maximum atomic E-state index is 13.3. The lowest BCUT2D eigenvalue weighted by Gasteiger charge is -2.33. The van der Waals surface area contributed by atoms with Crippen molar-refractivity contribution in [2.75, 3.05) is 25.7 Å². The maximum absolute atomic E-state index is 13.3. The predicted molar refractivity (Wildman–Crippen MR) is 101 cm³/mol. The lowest BCUT2D eigenvalue weighted by molar-refractivity contribution is -0.155. The Labute approximate surface area is 166 Å². The summed E-state index contributed by atoms with van der Waals surface area (Å²) >= 11 is 0.